The van der Waals surface area contributed by atoms with Crippen LogP contribution in [0.5, 0.6) is 0 Å². The molecule has 1 aliphatic heterocycles. The van der Waals surface area contributed by atoms with E-state index in [4.69, 9.17) is 4.43 Å². The molecule has 0 saturated carbocycles. The molecule has 2 atom stereocenters. The SMILES string of the molecule is OC1CC[Si](c2ccccc2)(c2ccccc2)OC1O. The molecule has 3 rings (SSSR count). The average molecular weight is 286 g/mol. The third kappa shape index (κ3) is 2.31. The highest BCUT2D eigenvalue weighted by atomic mass is 28.4. The van der Waals surface area contributed by atoms with Gasteiger partial charge < -0.3 is 14.6 Å². The van der Waals surface area contributed by atoms with E-state index in [0.29, 0.717) is 6.42 Å². The van der Waals surface area contributed by atoms with E-state index >= 15 is 0 Å². The summed E-state index contributed by atoms with van der Waals surface area (Å²) in [4.78, 5) is 0. The summed E-state index contributed by atoms with van der Waals surface area (Å²) in [6, 6.07) is 20.9. The van der Waals surface area contributed by atoms with E-state index < -0.39 is 20.7 Å². The van der Waals surface area contributed by atoms with Gasteiger partial charge in [-0.1, -0.05) is 60.7 Å². The summed E-state index contributed by atoms with van der Waals surface area (Å²) >= 11 is 0. The molecule has 0 bridgehead atoms. The van der Waals surface area contributed by atoms with Crippen LogP contribution in [0.15, 0.2) is 60.7 Å². The fourth-order valence-electron chi connectivity index (χ4n) is 2.84. The highest BCUT2D eigenvalue weighted by Gasteiger charge is 2.46. The smallest absolute Gasteiger partial charge is 0.259 e. The number of benzene rings is 2. The summed E-state index contributed by atoms with van der Waals surface area (Å²) in [5.74, 6) is 0. The zero-order chi connectivity index (χ0) is 14.0. The Bertz CT molecular complexity index is 519. The molecular formula is C16H18O3Si. The van der Waals surface area contributed by atoms with Gasteiger partial charge in [-0.15, -0.1) is 0 Å². The highest BCUT2D eigenvalue weighted by Crippen LogP contribution is 2.25. The summed E-state index contributed by atoms with van der Waals surface area (Å²) in [5, 5.41) is 22.0. The minimum atomic E-state index is -2.45. The van der Waals surface area contributed by atoms with E-state index in [1.165, 1.54) is 0 Å². The monoisotopic (exact) mass is 286 g/mol. The number of aliphatic hydroxyl groups excluding tert-OH is 2. The standard InChI is InChI=1S/C16H18O3Si/c17-15-11-12-20(19-16(15)18,13-7-3-1-4-8-13)14-9-5-2-6-10-14/h1-10,15-18H,11-12H2. The molecule has 1 heterocycles. The van der Waals surface area contributed by atoms with Crippen molar-refractivity contribution in [3.8, 4) is 0 Å². The van der Waals surface area contributed by atoms with E-state index in [0.717, 1.165) is 16.4 Å². The first-order valence-corrected chi connectivity index (χ1v) is 8.99. The van der Waals surface area contributed by atoms with Gasteiger partial charge in [-0.3, -0.25) is 0 Å². The van der Waals surface area contributed by atoms with Crippen molar-refractivity contribution in [1.29, 1.82) is 0 Å². The van der Waals surface area contributed by atoms with Crippen molar-refractivity contribution in [2.45, 2.75) is 24.9 Å². The fraction of sp³-hybridized carbons (Fsp3) is 0.250. The second-order valence-electron chi connectivity index (χ2n) is 5.17. The molecule has 3 nitrogen and oxygen atoms in total. The van der Waals surface area contributed by atoms with Crippen LogP contribution >= 0.6 is 0 Å². The molecule has 104 valence electrons. The molecule has 0 aromatic heterocycles. The molecule has 1 aliphatic rings. The maximum Gasteiger partial charge on any atom is 0.259 e. The Labute approximate surface area is 119 Å². The Hall–Kier alpha value is -1.46. The lowest BCUT2D eigenvalue weighted by molar-refractivity contribution is -0.119. The summed E-state index contributed by atoms with van der Waals surface area (Å²) in [6.45, 7) is 0. The van der Waals surface area contributed by atoms with Crippen molar-refractivity contribution in [3.63, 3.8) is 0 Å². The molecule has 0 aliphatic carbocycles. The molecule has 2 N–H and O–H groups in total. The van der Waals surface area contributed by atoms with Crippen LogP contribution < -0.4 is 10.4 Å². The first kappa shape index (κ1) is 13.5. The molecule has 0 amide bonds. The Morgan fingerprint density at radius 2 is 1.35 bits per heavy atom. The van der Waals surface area contributed by atoms with E-state index in [1.54, 1.807) is 0 Å². The van der Waals surface area contributed by atoms with E-state index in [-0.39, 0.29) is 0 Å². The molecule has 0 spiro atoms. The van der Waals surface area contributed by atoms with Gasteiger partial charge in [0.15, 0.2) is 6.29 Å². The maximum absolute atomic E-state index is 10.00. The lowest BCUT2D eigenvalue weighted by atomic mass is 10.3. The molecule has 2 aromatic carbocycles. The Balaban J connectivity index is 2.09. The van der Waals surface area contributed by atoms with Crippen LogP contribution in [0.3, 0.4) is 0 Å². The van der Waals surface area contributed by atoms with Crippen molar-refractivity contribution >= 4 is 18.7 Å². The summed E-state index contributed by atoms with van der Waals surface area (Å²) in [7, 11) is -2.45. The van der Waals surface area contributed by atoms with Crippen LogP contribution in [0.25, 0.3) is 0 Å². The van der Waals surface area contributed by atoms with Crippen molar-refractivity contribution < 1.29 is 14.6 Å². The number of aliphatic hydroxyl groups is 2. The first-order valence-electron chi connectivity index (χ1n) is 6.87. The van der Waals surface area contributed by atoms with E-state index in [9.17, 15) is 10.2 Å². The fourth-order valence-corrected chi connectivity index (χ4v) is 6.88. The molecule has 20 heavy (non-hydrogen) atoms. The Kier molecular flexibility index (Phi) is 3.72. The lowest BCUT2D eigenvalue weighted by Crippen LogP contribution is -2.66. The molecule has 2 unspecified atom stereocenters. The predicted octanol–water partition coefficient (Wildman–Crippen LogP) is 0.846. The average Bonchev–Trinajstić information content (AvgIpc) is 2.52. The third-order valence-corrected chi connectivity index (χ3v) is 8.09. The topological polar surface area (TPSA) is 49.7 Å². The molecular weight excluding hydrogens is 268 g/mol. The van der Waals surface area contributed by atoms with Crippen LogP contribution in [-0.2, 0) is 4.43 Å². The second-order valence-corrected chi connectivity index (χ2v) is 8.72. The van der Waals surface area contributed by atoms with Gasteiger partial charge in [0, 0.05) is 0 Å². The maximum atomic E-state index is 10.00. The van der Waals surface area contributed by atoms with Crippen molar-refractivity contribution in [3.05, 3.63) is 60.7 Å². The van der Waals surface area contributed by atoms with Crippen molar-refractivity contribution in [2.24, 2.45) is 0 Å². The van der Waals surface area contributed by atoms with Gasteiger partial charge >= 0.3 is 0 Å². The van der Waals surface area contributed by atoms with Crippen molar-refractivity contribution in [2.75, 3.05) is 0 Å². The van der Waals surface area contributed by atoms with Crippen LogP contribution in [0.1, 0.15) is 6.42 Å². The van der Waals surface area contributed by atoms with Gasteiger partial charge in [-0.25, -0.2) is 0 Å². The largest absolute Gasteiger partial charge is 0.388 e. The minimum absolute atomic E-state index is 0.567. The van der Waals surface area contributed by atoms with Crippen LogP contribution in [0, 0.1) is 0 Å². The quantitative estimate of drug-likeness (QED) is 0.805. The number of hydrogen-bond acceptors (Lipinski definition) is 3. The Morgan fingerprint density at radius 1 is 0.850 bits per heavy atom. The van der Waals surface area contributed by atoms with E-state index in [1.807, 2.05) is 36.4 Å². The molecule has 4 heteroatoms. The number of rotatable bonds is 2. The summed E-state index contributed by atoms with van der Waals surface area (Å²) in [6.07, 6.45) is -1.32. The zero-order valence-electron chi connectivity index (χ0n) is 11.1. The van der Waals surface area contributed by atoms with Gasteiger partial charge in [0.2, 0.25) is 0 Å². The van der Waals surface area contributed by atoms with Crippen LogP contribution in [0.2, 0.25) is 6.04 Å². The van der Waals surface area contributed by atoms with Gasteiger partial charge in [-0.2, -0.15) is 0 Å². The number of hydrogen-bond donors (Lipinski definition) is 2. The summed E-state index contributed by atoms with van der Waals surface area (Å²) < 4.78 is 6.00. The van der Waals surface area contributed by atoms with Gasteiger partial charge in [0.05, 0.1) is 0 Å². The van der Waals surface area contributed by atoms with E-state index in [2.05, 4.69) is 24.3 Å². The van der Waals surface area contributed by atoms with Gasteiger partial charge in [0.25, 0.3) is 8.32 Å². The van der Waals surface area contributed by atoms with Crippen LogP contribution in [-0.4, -0.2) is 30.9 Å². The lowest BCUT2D eigenvalue weighted by Gasteiger charge is -2.40. The molecule has 1 saturated heterocycles. The third-order valence-electron chi connectivity index (χ3n) is 3.92. The first-order chi connectivity index (χ1) is 9.72. The highest BCUT2D eigenvalue weighted by molar-refractivity contribution is 6.97. The van der Waals surface area contributed by atoms with Gasteiger partial charge in [-0.05, 0) is 22.8 Å². The summed E-state index contributed by atoms with van der Waals surface area (Å²) in [5.41, 5.74) is 0. The van der Waals surface area contributed by atoms with Crippen LogP contribution in [0.4, 0.5) is 0 Å². The molecule has 2 aromatic rings. The predicted molar refractivity (Wildman–Crippen MR) is 80.4 cm³/mol. The molecule has 1 fully saturated rings. The Morgan fingerprint density at radius 3 is 1.80 bits per heavy atom. The zero-order valence-corrected chi connectivity index (χ0v) is 12.1. The van der Waals surface area contributed by atoms with Crippen molar-refractivity contribution in [1.82, 2.24) is 0 Å². The molecule has 0 radical (unpaired) electrons. The van der Waals surface area contributed by atoms with Gasteiger partial charge in [0.1, 0.15) is 6.10 Å². The normalized spacial score (nSPS) is 25.3. The second kappa shape index (κ2) is 5.50. The minimum Gasteiger partial charge on any atom is -0.388 e.